The minimum absolute atomic E-state index is 0.795. The average Bonchev–Trinajstić information content (AvgIpc) is 2.96. The first-order chi connectivity index (χ1) is 7.88. The summed E-state index contributed by atoms with van der Waals surface area (Å²) in [7, 11) is 1.66. The molecule has 0 fully saturated rings. The average molecular weight is 230 g/mol. The Hall–Kier alpha value is -1.81. The number of methoxy groups -OCH3 is 1. The summed E-state index contributed by atoms with van der Waals surface area (Å²) in [6.45, 7) is 0. The van der Waals surface area contributed by atoms with E-state index in [0.29, 0.717) is 0 Å². The molecule has 3 rings (SSSR count). The molecule has 0 bridgehead atoms. The lowest BCUT2D eigenvalue weighted by Gasteiger charge is -1.99. The molecule has 3 aromatic heterocycles. The molecule has 0 N–H and O–H groups in total. The molecule has 80 valence electrons. The third-order valence-corrected chi connectivity index (χ3v) is 3.17. The van der Waals surface area contributed by atoms with E-state index in [1.807, 2.05) is 28.9 Å². The Balaban J connectivity index is 2.23. The van der Waals surface area contributed by atoms with Crippen LogP contribution in [0.15, 0.2) is 41.4 Å². The zero-order chi connectivity index (χ0) is 11.0. The molecule has 3 aromatic rings. The second-order valence-corrected chi connectivity index (χ2v) is 4.23. The molecule has 0 spiro atoms. The van der Waals surface area contributed by atoms with Gasteiger partial charge in [-0.05, 0) is 23.6 Å². The van der Waals surface area contributed by atoms with Crippen LogP contribution in [0, 0.1) is 0 Å². The summed E-state index contributed by atoms with van der Waals surface area (Å²) in [6, 6.07) is 5.93. The Labute approximate surface area is 96.9 Å². The molecule has 4 heteroatoms. The van der Waals surface area contributed by atoms with Gasteiger partial charge in [-0.25, -0.2) is 4.98 Å². The van der Waals surface area contributed by atoms with Crippen molar-refractivity contribution in [3.8, 4) is 17.0 Å². The van der Waals surface area contributed by atoms with Crippen LogP contribution in [0.5, 0.6) is 5.75 Å². The zero-order valence-corrected chi connectivity index (χ0v) is 9.57. The maximum atomic E-state index is 5.28. The highest BCUT2D eigenvalue weighted by molar-refractivity contribution is 7.08. The first-order valence-electron chi connectivity index (χ1n) is 4.93. The Bertz CT molecular complexity index is 613. The third-order valence-electron chi connectivity index (χ3n) is 2.48. The first-order valence-corrected chi connectivity index (χ1v) is 5.87. The lowest BCUT2D eigenvalue weighted by Crippen LogP contribution is -1.88. The SMILES string of the molecule is COc1cccn2cc(-c3ccsc3)nc12. The monoisotopic (exact) mass is 230 g/mol. The minimum atomic E-state index is 0.795. The molecule has 0 amide bonds. The molecule has 0 aliphatic heterocycles. The number of nitrogens with zero attached hydrogens (tertiary/aromatic N) is 2. The number of aromatic nitrogens is 2. The van der Waals surface area contributed by atoms with E-state index >= 15 is 0 Å². The summed E-state index contributed by atoms with van der Waals surface area (Å²) >= 11 is 1.67. The van der Waals surface area contributed by atoms with Crippen molar-refractivity contribution in [2.24, 2.45) is 0 Å². The number of thiophene rings is 1. The van der Waals surface area contributed by atoms with E-state index in [-0.39, 0.29) is 0 Å². The van der Waals surface area contributed by atoms with Crippen molar-refractivity contribution in [1.82, 2.24) is 9.38 Å². The van der Waals surface area contributed by atoms with E-state index in [4.69, 9.17) is 4.74 Å². The van der Waals surface area contributed by atoms with Crippen molar-refractivity contribution in [1.29, 1.82) is 0 Å². The first kappa shape index (κ1) is 9.42. The summed E-state index contributed by atoms with van der Waals surface area (Å²) in [5.74, 6) is 0.795. The molecule has 3 heterocycles. The quantitative estimate of drug-likeness (QED) is 0.676. The summed E-state index contributed by atoms with van der Waals surface area (Å²) in [6.07, 6.45) is 3.99. The fourth-order valence-electron chi connectivity index (χ4n) is 1.70. The zero-order valence-electron chi connectivity index (χ0n) is 8.75. The third kappa shape index (κ3) is 1.39. The molecule has 0 unspecified atom stereocenters. The van der Waals surface area contributed by atoms with Crippen LogP contribution in [0.25, 0.3) is 16.9 Å². The number of imidazole rings is 1. The molecule has 0 aromatic carbocycles. The molecule has 0 saturated heterocycles. The fourth-order valence-corrected chi connectivity index (χ4v) is 2.35. The maximum Gasteiger partial charge on any atom is 0.180 e. The molecular weight excluding hydrogens is 220 g/mol. The van der Waals surface area contributed by atoms with Gasteiger partial charge in [0.2, 0.25) is 0 Å². The van der Waals surface area contributed by atoms with Crippen LogP contribution in [0.1, 0.15) is 0 Å². The summed E-state index contributed by atoms with van der Waals surface area (Å²) in [4.78, 5) is 4.57. The van der Waals surface area contributed by atoms with E-state index < -0.39 is 0 Å². The van der Waals surface area contributed by atoms with Crippen LogP contribution in [0.3, 0.4) is 0 Å². The molecule has 0 aliphatic rings. The summed E-state index contributed by atoms with van der Waals surface area (Å²) in [5, 5.41) is 4.14. The second-order valence-electron chi connectivity index (χ2n) is 3.45. The van der Waals surface area contributed by atoms with E-state index in [1.54, 1.807) is 18.4 Å². The Morgan fingerprint density at radius 1 is 1.38 bits per heavy atom. The largest absolute Gasteiger partial charge is 0.493 e. The lowest BCUT2D eigenvalue weighted by atomic mass is 10.3. The Morgan fingerprint density at radius 2 is 2.31 bits per heavy atom. The van der Waals surface area contributed by atoms with Crippen LogP contribution in [-0.2, 0) is 0 Å². The van der Waals surface area contributed by atoms with Gasteiger partial charge in [-0.15, -0.1) is 0 Å². The van der Waals surface area contributed by atoms with Gasteiger partial charge in [-0.2, -0.15) is 11.3 Å². The van der Waals surface area contributed by atoms with Crippen molar-refractivity contribution < 1.29 is 4.74 Å². The van der Waals surface area contributed by atoms with E-state index in [2.05, 4.69) is 21.8 Å². The number of pyridine rings is 1. The normalized spacial score (nSPS) is 10.8. The van der Waals surface area contributed by atoms with Gasteiger partial charge in [0.1, 0.15) is 0 Å². The van der Waals surface area contributed by atoms with E-state index in [1.165, 1.54) is 0 Å². The van der Waals surface area contributed by atoms with Crippen LogP contribution in [-0.4, -0.2) is 16.5 Å². The van der Waals surface area contributed by atoms with Gasteiger partial charge < -0.3 is 9.14 Å². The van der Waals surface area contributed by atoms with Gasteiger partial charge in [-0.3, -0.25) is 0 Å². The fraction of sp³-hybridized carbons (Fsp3) is 0.0833. The molecule has 0 saturated carbocycles. The molecule has 0 radical (unpaired) electrons. The smallest absolute Gasteiger partial charge is 0.180 e. The minimum Gasteiger partial charge on any atom is -0.493 e. The van der Waals surface area contributed by atoms with Gasteiger partial charge in [0.25, 0.3) is 0 Å². The van der Waals surface area contributed by atoms with Crippen LogP contribution >= 0.6 is 11.3 Å². The van der Waals surface area contributed by atoms with Crippen molar-refractivity contribution in [2.45, 2.75) is 0 Å². The number of hydrogen-bond donors (Lipinski definition) is 0. The highest BCUT2D eigenvalue weighted by Crippen LogP contribution is 2.25. The Morgan fingerprint density at radius 3 is 3.06 bits per heavy atom. The van der Waals surface area contributed by atoms with Crippen LogP contribution < -0.4 is 4.74 Å². The standard InChI is InChI=1S/C12H10N2OS/c1-15-11-3-2-5-14-7-10(13-12(11)14)9-4-6-16-8-9/h2-8H,1H3. The Kier molecular flexibility index (Phi) is 2.15. The van der Waals surface area contributed by atoms with Gasteiger partial charge in [-0.1, -0.05) is 0 Å². The van der Waals surface area contributed by atoms with E-state index in [0.717, 1.165) is 22.7 Å². The number of fused-ring (bicyclic) bond motifs is 1. The molecule has 0 atom stereocenters. The predicted octanol–water partition coefficient (Wildman–Crippen LogP) is 3.07. The molecule has 16 heavy (non-hydrogen) atoms. The maximum absolute atomic E-state index is 5.28. The van der Waals surface area contributed by atoms with Crippen molar-refractivity contribution >= 4 is 17.0 Å². The molecule has 3 nitrogen and oxygen atoms in total. The lowest BCUT2D eigenvalue weighted by molar-refractivity contribution is 0.417. The number of rotatable bonds is 2. The topological polar surface area (TPSA) is 26.5 Å². The second kappa shape index (κ2) is 3.64. The van der Waals surface area contributed by atoms with Gasteiger partial charge in [0, 0.05) is 23.3 Å². The number of hydrogen-bond acceptors (Lipinski definition) is 3. The van der Waals surface area contributed by atoms with Crippen LogP contribution in [0.2, 0.25) is 0 Å². The summed E-state index contributed by atoms with van der Waals surface area (Å²) in [5.41, 5.74) is 2.98. The van der Waals surface area contributed by atoms with Gasteiger partial charge in [0.05, 0.1) is 12.8 Å². The van der Waals surface area contributed by atoms with Gasteiger partial charge in [0.15, 0.2) is 11.4 Å². The molecular formula is C12H10N2OS. The van der Waals surface area contributed by atoms with E-state index in [9.17, 15) is 0 Å². The van der Waals surface area contributed by atoms with Crippen molar-refractivity contribution in [2.75, 3.05) is 7.11 Å². The summed E-state index contributed by atoms with van der Waals surface area (Å²) < 4.78 is 7.26. The van der Waals surface area contributed by atoms with Gasteiger partial charge >= 0.3 is 0 Å². The molecule has 0 aliphatic carbocycles. The van der Waals surface area contributed by atoms with Crippen molar-refractivity contribution in [3.05, 3.63) is 41.4 Å². The highest BCUT2D eigenvalue weighted by Gasteiger charge is 2.07. The van der Waals surface area contributed by atoms with Crippen molar-refractivity contribution in [3.63, 3.8) is 0 Å². The predicted molar refractivity (Wildman–Crippen MR) is 65.1 cm³/mol. The van der Waals surface area contributed by atoms with Crippen LogP contribution in [0.4, 0.5) is 0 Å². The highest BCUT2D eigenvalue weighted by atomic mass is 32.1. The number of ether oxygens (including phenoxy) is 1.